The highest BCUT2D eigenvalue weighted by atomic mass is 32.1. The van der Waals surface area contributed by atoms with Crippen LogP contribution in [0.2, 0.25) is 0 Å². The molecule has 0 aromatic carbocycles. The summed E-state index contributed by atoms with van der Waals surface area (Å²) in [6, 6.07) is 1.99. The maximum absolute atomic E-state index is 12.1. The van der Waals surface area contributed by atoms with Crippen molar-refractivity contribution in [2.45, 2.75) is 13.8 Å². The van der Waals surface area contributed by atoms with Crippen molar-refractivity contribution in [2.75, 3.05) is 31.6 Å². The summed E-state index contributed by atoms with van der Waals surface area (Å²) in [5.41, 5.74) is 0. The van der Waals surface area contributed by atoms with Crippen LogP contribution in [0.1, 0.15) is 13.8 Å². The predicted molar refractivity (Wildman–Crippen MR) is 78.6 cm³/mol. The summed E-state index contributed by atoms with van der Waals surface area (Å²) in [4.78, 5) is 25.3. The Morgan fingerprint density at radius 2 is 2.05 bits per heavy atom. The first-order valence-electron chi connectivity index (χ1n) is 6.34. The molecule has 2 aromatic heterocycles. The van der Waals surface area contributed by atoms with Gasteiger partial charge in [-0.1, -0.05) is 0 Å². The molecule has 0 N–H and O–H groups in total. The maximum Gasteiger partial charge on any atom is 0.242 e. The van der Waals surface area contributed by atoms with E-state index < -0.39 is 0 Å². The highest BCUT2D eigenvalue weighted by molar-refractivity contribution is 7.16. The molecule has 0 aliphatic rings. The van der Waals surface area contributed by atoms with Crippen molar-refractivity contribution in [1.82, 2.24) is 14.9 Å². The molecule has 0 spiro atoms. The third-order valence-electron chi connectivity index (χ3n) is 3.09. The van der Waals surface area contributed by atoms with Crippen LogP contribution >= 0.6 is 11.3 Å². The molecule has 0 aliphatic heterocycles. The summed E-state index contributed by atoms with van der Waals surface area (Å²) in [5.74, 6) is 0.932. The molecular formula is C13H18N4OS. The van der Waals surface area contributed by atoms with Gasteiger partial charge in [0.2, 0.25) is 5.91 Å². The van der Waals surface area contributed by atoms with Gasteiger partial charge in [-0.05, 0) is 25.3 Å². The van der Waals surface area contributed by atoms with Crippen LogP contribution in [0, 0.1) is 0 Å². The van der Waals surface area contributed by atoms with Gasteiger partial charge in [0, 0.05) is 20.1 Å². The standard InChI is InChI=1S/C13H18N4OS/c1-4-17(5-2)11(18)8-16(3)12-10-6-7-19-13(10)15-9-14-12/h6-7,9H,4-5,8H2,1-3H3. The second-order valence-electron chi connectivity index (χ2n) is 4.26. The lowest BCUT2D eigenvalue weighted by atomic mass is 10.3. The first kappa shape index (κ1) is 13.7. The van der Waals surface area contributed by atoms with E-state index in [0.717, 1.165) is 29.1 Å². The van der Waals surface area contributed by atoms with Gasteiger partial charge in [0.1, 0.15) is 17.0 Å². The lowest BCUT2D eigenvalue weighted by Gasteiger charge is -2.24. The highest BCUT2D eigenvalue weighted by Gasteiger charge is 2.15. The molecule has 0 fully saturated rings. The van der Waals surface area contributed by atoms with E-state index in [4.69, 9.17) is 0 Å². The summed E-state index contributed by atoms with van der Waals surface area (Å²) in [5, 5.41) is 2.99. The van der Waals surface area contributed by atoms with E-state index in [1.54, 1.807) is 17.7 Å². The zero-order valence-electron chi connectivity index (χ0n) is 11.5. The molecule has 1 amide bonds. The van der Waals surface area contributed by atoms with Gasteiger partial charge in [-0.25, -0.2) is 9.97 Å². The number of amides is 1. The predicted octanol–water partition coefficient (Wildman–Crippen LogP) is 2.00. The topological polar surface area (TPSA) is 49.3 Å². The van der Waals surface area contributed by atoms with Crippen molar-refractivity contribution in [3.05, 3.63) is 17.8 Å². The van der Waals surface area contributed by atoms with Crippen LogP contribution in [0.4, 0.5) is 5.82 Å². The van der Waals surface area contributed by atoms with E-state index in [9.17, 15) is 4.79 Å². The van der Waals surface area contributed by atoms with Crippen molar-refractivity contribution in [1.29, 1.82) is 0 Å². The number of aromatic nitrogens is 2. The Labute approximate surface area is 116 Å². The average molecular weight is 278 g/mol. The molecule has 2 rings (SSSR count). The minimum atomic E-state index is 0.120. The summed E-state index contributed by atoms with van der Waals surface area (Å²) >= 11 is 1.58. The second kappa shape index (κ2) is 5.97. The lowest BCUT2D eigenvalue weighted by Crippen LogP contribution is -2.39. The monoisotopic (exact) mass is 278 g/mol. The van der Waals surface area contributed by atoms with Gasteiger partial charge < -0.3 is 9.80 Å². The Bertz CT molecular complexity index is 565. The summed E-state index contributed by atoms with van der Waals surface area (Å²) in [6.45, 7) is 5.79. The maximum atomic E-state index is 12.1. The van der Waals surface area contributed by atoms with Crippen molar-refractivity contribution in [2.24, 2.45) is 0 Å². The summed E-state index contributed by atoms with van der Waals surface area (Å²) in [7, 11) is 1.89. The molecular weight excluding hydrogens is 260 g/mol. The smallest absolute Gasteiger partial charge is 0.242 e. The van der Waals surface area contributed by atoms with Crippen molar-refractivity contribution < 1.29 is 4.79 Å². The fraction of sp³-hybridized carbons (Fsp3) is 0.462. The number of anilines is 1. The first-order valence-corrected chi connectivity index (χ1v) is 7.22. The average Bonchev–Trinajstić information content (AvgIpc) is 2.87. The van der Waals surface area contributed by atoms with Crippen molar-refractivity contribution >= 4 is 33.3 Å². The van der Waals surface area contributed by atoms with E-state index in [-0.39, 0.29) is 5.91 Å². The van der Waals surface area contributed by atoms with Gasteiger partial charge >= 0.3 is 0 Å². The van der Waals surface area contributed by atoms with Gasteiger partial charge in [-0.15, -0.1) is 11.3 Å². The first-order chi connectivity index (χ1) is 9.17. The molecule has 6 heteroatoms. The number of likely N-dealkylation sites (N-methyl/N-ethyl adjacent to an activating group) is 2. The van der Waals surface area contributed by atoms with Gasteiger partial charge in [-0.3, -0.25) is 4.79 Å². The van der Waals surface area contributed by atoms with Crippen LogP contribution in [-0.4, -0.2) is 47.5 Å². The Morgan fingerprint density at radius 3 is 2.74 bits per heavy atom. The highest BCUT2D eigenvalue weighted by Crippen LogP contribution is 2.25. The largest absolute Gasteiger partial charge is 0.350 e. The molecule has 0 bridgehead atoms. The molecule has 2 aromatic rings. The van der Waals surface area contributed by atoms with Crippen molar-refractivity contribution in [3.8, 4) is 0 Å². The van der Waals surface area contributed by atoms with Crippen LogP contribution < -0.4 is 4.90 Å². The van der Waals surface area contributed by atoms with E-state index in [1.165, 1.54) is 0 Å². The molecule has 2 heterocycles. The minimum Gasteiger partial charge on any atom is -0.350 e. The van der Waals surface area contributed by atoms with E-state index >= 15 is 0 Å². The quantitative estimate of drug-likeness (QED) is 0.839. The number of rotatable bonds is 5. The molecule has 0 radical (unpaired) electrons. The molecule has 102 valence electrons. The van der Waals surface area contributed by atoms with Gasteiger partial charge in [-0.2, -0.15) is 0 Å². The second-order valence-corrected chi connectivity index (χ2v) is 5.15. The lowest BCUT2D eigenvalue weighted by molar-refractivity contribution is -0.129. The Balaban J connectivity index is 2.18. The number of carbonyl (C=O) groups is 1. The van der Waals surface area contributed by atoms with Crippen LogP contribution in [0.5, 0.6) is 0 Å². The number of fused-ring (bicyclic) bond motifs is 1. The van der Waals surface area contributed by atoms with E-state index in [2.05, 4.69) is 9.97 Å². The number of carbonyl (C=O) groups excluding carboxylic acids is 1. The van der Waals surface area contributed by atoms with Gasteiger partial charge in [0.25, 0.3) is 0 Å². The normalized spacial score (nSPS) is 10.7. The van der Waals surface area contributed by atoms with Gasteiger partial charge in [0.15, 0.2) is 0 Å². The number of thiophene rings is 1. The van der Waals surface area contributed by atoms with E-state index in [1.807, 2.05) is 42.1 Å². The number of hydrogen-bond donors (Lipinski definition) is 0. The minimum absolute atomic E-state index is 0.120. The van der Waals surface area contributed by atoms with E-state index in [0.29, 0.717) is 6.54 Å². The Kier molecular flexibility index (Phi) is 4.31. The van der Waals surface area contributed by atoms with Crippen LogP contribution in [0.15, 0.2) is 17.8 Å². The van der Waals surface area contributed by atoms with Crippen LogP contribution in [0.25, 0.3) is 10.2 Å². The molecule has 0 saturated heterocycles. The van der Waals surface area contributed by atoms with Crippen LogP contribution in [-0.2, 0) is 4.79 Å². The zero-order valence-corrected chi connectivity index (χ0v) is 12.3. The fourth-order valence-corrected chi connectivity index (χ4v) is 2.76. The molecule has 0 saturated carbocycles. The molecule has 0 unspecified atom stereocenters. The Hall–Kier alpha value is -1.69. The molecule has 5 nitrogen and oxygen atoms in total. The summed E-state index contributed by atoms with van der Waals surface area (Å²) < 4.78 is 0. The van der Waals surface area contributed by atoms with Crippen molar-refractivity contribution in [3.63, 3.8) is 0 Å². The third kappa shape index (κ3) is 2.84. The Morgan fingerprint density at radius 1 is 1.32 bits per heavy atom. The SMILES string of the molecule is CCN(CC)C(=O)CN(C)c1ncnc2sccc12. The van der Waals surface area contributed by atoms with Gasteiger partial charge in [0.05, 0.1) is 11.9 Å². The van der Waals surface area contributed by atoms with Crippen LogP contribution in [0.3, 0.4) is 0 Å². The third-order valence-corrected chi connectivity index (χ3v) is 3.91. The molecule has 19 heavy (non-hydrogen) atoms. The fourth-order valence-electron chi connectivity index (χ4n) is 2.04. The molecule has 0 aliphatic carbocycles. The number of hydrogen-bond acceptors (Lipinski definition) is 5. The zero-order chi connectivity index (χ0) is 13.8. The number of nitrogens with zero attached hydrogens (tertiary/aromatic N) is 4. The molecule has 0 atom stereocenters. The summed E-state index contributed by atoms with van der Waals surface area (Å²) in [6.07, 6.45) is 1.55.